The fourth-order valence-corrected chi connectivity index (χ4v) is 2.10. The molecule has 0 spiro atoms. The highest BCUT2D eigenvalue weighted by Crippen LogP contribution is 2.12. The molecule has 2 aromatic carbocycles. The minimum absolute atomic E-state index is 0.0923. The Bertz CT molecular complexity index is 692. The number of esters is 1. The Morgan fingerprint density at radius 2 is 1.62 bits per heavy atom. The van der Waals surface area contributed by atoms with Crippen LogP contribution in [0.25, 0.3) is 0 Å². The molecular formula is C19H21NO4. The number of amides is 1. The number of ether oxygens (including phenoxy) is 1. The van der Waals surface area contributed by atoms with Gasteiger partial charge in [-0.2, -0.15) is 0 Å². The van der Waals surface area contributed by atoms with Crippen LogP contribution in [-0.2, 0) is 22.6 Å². The van der Waals surface area contributed by atoms with E-state index in [1.165, 1.54) is 12.5 Å². The highest BCUT2D eigenvalue weighted by molar-refractivity contribution is 5.97. The number of carbonyl (C=O) groups is 2. The van der Waals surface area contributed by atoms with Crippen molar-refractivity contribution >= 4 is 17.6 Å². The van der Waals surface area contributed by atoms with Crippen LogP contribution in [0.1, 0.15) is 35.3 Å². The molecule has 24 heavy (non-hydrogen) atoms. The van der Waals surface area contributed by atoms with Crippen molar-refractivity contribution in [2.45, 2.75) is 33.0 Å². The Hall–Kier alpha value is -2.66. The number of aryl methyl sites for hydroxylation is 1. The lowest BCUT2D eigenvalue weighted by Gasteiger charge is -2.14. The third-order valence-corrected chi connectivity index (χ3v) is 3.65. The number of rotatable bonds is 6. The largest absolute Gasteiger partial charge is 0.449 e. The van der Waals surface area contributed by atoms with Crippen LogP contribution in [0.15, 0.2) is 48.5 Å². The molecule has 2 aromatic rings. The number of anilines is 1. The van der Waals surface area contributed by atoms with Crippen LogP contribution in [-0.4, -0.2) is 23.1 Å². The topological polar surface area (TPSA) is 75.6 Å². The fraction of sp³-hybridized carbons (Fsp3) is 0.263. The zero-order valence-electron chi connectivity index (χ0n) is 13.8. The van der Waals surface area contributed by atoms with Crippen LogP contribution in [0.2, 0.25) is 0 Å². The Balaban J connectivity index is 1.93. The first kappa shape index (κ1) is 17.7. The average molecular weight is 327 g/mol. The summed E-state index contributed by atoms with van der Waals surface area (Å²) in [7, 11) is 0. The molecule has 0 heterocycles. The molecule has 0 fully saturated rings. The summed E-state index contributed by atoms with van der Waals surface area (Å²) in [4.78, 5) is 24.1. The second-order valence-electron chi connectivity index (χ2n) is 5.44. The first-order valence-corrected chi connectivity index (χ1v) is 7.84. The molecule has 2 N–H and O–H groups in total. The van der Waals surface area contributed by atoms with Crippen LogP contribution in [0.4, 0.5) is 5.69 Å². The third-order valence-electron chi connectivity index (χ3n) is 3.65. The molecule has 0 aliphatic heterocycles. The highest BCUT2D eigenvalue weighted by Gasteiger charge is 2.19. The maximum absolute atomic E-state index is 12.1. The van der Waals surface area contributed by atoms with Gasteiger partial charge in [-0.15, -0.1) is 0 Å². The Kier molecular flexibility index (Phi) is 6.09. The van der Waals surface area contributed by atoms with Crippen LogP contribution < -0.4 is 5.32 Å². The number of aliphatic hydroxyl groups excluding tert-OH is 1. The molecule has 0 unspecified atom stereocenters. The maximum Gasteiger partial charge on any atom is 0.338 e. The van der Waals surface area contributed by atoms with Crippen molar-refractivity contribution in [3.05, 3.63) is 65.2 Å². The van der Waals surface area contributed by atoms with E-state index in [0.717, 1.165) is 6.42 Å². The number of hydrogen-bond donors (Lipinski definition) is 2. The normalized spacial score (nSPS) is 11.6. The van der Waals surface area contributed by atoms with E-state index in [2.05, 4.69) is 12.2 Å². The molecular weight excluding hydrogens is 306 g/mol. The summed E-state index contributed by atoms with van der Waals surface area (Å²) >= 11 is 0. The molecule has 126 valence electrons. The van der Waals surface area contributed by atoms with Crippen molar-refractivity contribution in [2.75, 3.05) is 5.32 Å². The van der Waals surface area contributed by atoms with Crippen molar-refractivity contribution in [3.63, 3.8) is 0 Å². The molecule has 2 rings (SSSR count). The quantitative estimate of drug-likeness (QED) is 0.800. The summed E-state index contributed by atoms with van der Waals surface area (Å²) in [6.07, 6.45) is 0.0120. The summed E-state index contributed by atoms with van der Waals surface area (Å²) in [6.45, 7) is 3.49. The zero-order chi connectivity index (χ0) is 17.5. The van der Waals surface area contributed by atoms with Crippen molar-refractivity contribution in [3.8, 4) is 0 Å². The summed E-state index contributed by atoms with van der Waals surface area (Å²) in [5, 5.41) is 11.7. The van der Waals surface area contributed by atoms with Crippen LogP contribution in [0.5, 0.6) is 0 Å². The lowest BCUT2D eigenvalue weighted by molar-refractivity contribution is -0.123. The molecule has 5 heteroatoms. The Labute approximate surface area is 141 Å². The first-order valence-electron chi connectivity index (χ1n) is 7.84. The summed E-state index contributed by atoms with van der Waals surface area (Å²) in [6, 6.07) is 13.9. The molecule has 1 atom stereocenters. The highest BCUT2D eigenvalue weighted by atomic mass is 16.5. The Morgan fingerprint density at radius 3 is 2.17 bits per heavy atom. The van der Waals surface area contributed by atoms with Crippen LogP contribution in [0, 0.1) is 0 Å². The molecule has 0 aromatic heterocycles. The van der Waals surface area contributed by atoms with Gasteiger partial charge in [-0.1, -0.05) is 31.2 Å². The van der Waals surface area contributed by atoms with E-state index in [9.17, 15) is 9.59 Å². The molecule has 0 saturated heterocycles. The average Bonchev–Trinajstić information content (AvgIpc) is 2.62. The zero-order valence-corrected chi connectivity index (χ0v) is 13.8. The van der Waals surface area contributed by atoms with Crippen molar-refractivity contribution in [2.24, 2.45) is 0 Å². The number of carbonyl (C=O) groups excluding carboxylic acids is 2. The van der Waals surface area contributed by atoms with Crippen molar-refractivity contribution < 1.29 is 19.4 Å². The molecule has 0 aliphatic rings. The minimum Gasteiger partial charge on any atom is -0.449 e. The SMILES string of the molecule is CCc1ccc(NC(=O)[C@@H](C)OC(=O)c2ccc(CO)cc2)cc1. The fourth-order valence-electron chi connectivity index (χ4n) is 2.10. The molecule has 0 radical (unpaired) electrons. The lowest BCUT2D eigenvalue weighted by atomic mass is 10.1. The van der Waals surface area contributed by atoms with Gasteiger partial charge in [-0.25, -0.2) is 4.79 Å². The van der Waals surface area contributed by atoms with Crippen molar-refractivity contribution in [1.29, 1.82) is 0 Å². The summed E-state index contributed by atoms with van der Waals surface area (Å²) in [5.74, 6) is -0.969. The predicted molar refractivity (Wildman–Crippen MR) is 91.7 cm³/mol. The van der Waals surface area contributed by atoms with Gasteiger partial charge in [0.1, 0.15) is 0 Å². The van der Waals surface area contributed by atoms with Crippen molar-refractivity contribution in [1.82, 2.24) is 0 Å². The van der Waals surface area contributed by atoms with Gasteiger partial charge in [0.2, 0.25) is 0 Å². The number of nitrogens with one attached hydrogen (secondary N) is 1. The second kappa shape index (κ2) is 8.26. The molecule has 5 nitrogen and oxygen atoms in total. The number of aliphatic hydroxyl groups is 1. The van der Waals surface area contributed by atoms with Crippen LogP contribution >= 0.6 is 0 Å². The standard InChI is InChI=1S/C19H21NO4/c1-3-14-6-10-17(11-7-14)20-18(22)13(2)24-19(23)16-8-4-15(12-21)5-9-16/h4-11,13,21H,3,12H2,1-2H3,(H,20,22)/t13-/m1/s1. The predicted octanol–water partition coefficient (Wildman–Crippen LogP) is 2.93. The van der Waals surface area contributed by atoms with Gasteiger partial charge in [-0.3, -0.25) is 4.79 Å². The van der Waals surface area contributed by atoms with E-state index in [4.69, 9.17) is 9.84 Å². The Morgan fingerprint density at radius 1 is 1.04 bits per heavy atom. The lowest BCUT2D eigenvalue weighted by Crippen LogP contribution is -2.30. The van der Waals surface area contributed by atoms with Gasteiger partial charge >= 0.3 is 5.97 Å². The van der Waals surface area contributed by atoms with E-state index >= 15 is 0 Å². The first-order chi connectivity index (χ1) is 11.5. The van der Waals surface area contributed by atoms with Gasteiger partial charge in [0, 0.05) is 5.69 Å². The molecule has 0 bridgehead atoms. The van der Waals surface area contributed by atoms with E-state index in [0.29, 0.717) is 16.8 Å². The van der Waals surface area contributed by atoms with Gasteiger partial charge < -0.3 is 15.2 Å². The summed E-state index contributed by atoms with van der Waals surface area (Å²) < 4.78 is 5.18. The minimum atomic E-state index is -0.916. The summed E-state index contributed by atoms with van der Waals surface area (Å²) in [5.41, 5.74) is 2.87. The van der Waals surface area contributed by atoms with E-state index in [1.54, 1.807) is 24.3 Å². The van der Waals surface area contributed by atoms with E-state index in [-0.39, 0.29) is 12.5 Å². The maximum atomic E-state index is 12.1. The third kappa shape index (κ3) is 4.67. The number of benzene rings is 2. The molecule has 0 aliphatic carbocycles. The van der Waals surface area contributed by atoms with Gasteiger partial charge in [0.15, 0.2) is 6.10 Å². The van der Waals surface area contributed by atoms with Gasteiger partial charge in [0.25, 0.3) is 5.91 Å². The molecule has 1 amide bonds. The monoisotopic (exact) mass is 327 g/mol. The van der Waals surface area contributed by atoms with Crippen LogP contribution in [0.3, 0.4) is 0 Å². The smallest absolute Gasteiger partial charge is 0.338 e. The van der Waals surface area contributed by atoms with E-state index < -0.39 is 12.1 Å². The van der Waals surface area contributed by atoms with Gasteiger partial charge in [0.05, 0.1) is 12.2 Å². The molecule has 0 saturated carbocycles. The second-order valence-corrected chi connectivity index (χ2v) is 5.44. The van der Waals surface area contributed by atoms with E-state index in [1.807, 2.05) is 24.3 Å². The van der Waals surface area contributed by atoms with Gasteiger partial charge in [-0.05, 0) is 48.7 Å². The number of hydrogen-bond acceptors (Lipinski definition) is 4.